The van der Waals surface area contributed by atoms with E-state index in [9.17, 15) is 9.59 Å². The lowest BCUT2D eigenvalue weighted by molar-refractivity contribution is -0.145. The van der Waals surface area contributed by atoms with Gasteiger partial charge in [0.05, 0.1) is 13.0 Å². The SMILES string of the molecule is CCOC(=O)CC(C)(C)CC(=O)c1cc(C)sc1CCCc1ccc(C)cc1. The van der Waals surface area contributed by atoms with Gasteiger partial charge < -0.3 is 4.74 Å². The van der Waals surface area contributed by atoms with Crippen LogP contribution in [0, 0.1) is 19.3 Å². The molecule has 3 nitrogen and oxygen atoms in total. The predicted molar refractivity (Wildman–Crippen MR) is 116 cm³/mol. The highest BCUT2D eigenvalue weighted by Crippen LogP contribution is 2.31. The number of esters is 1. The summed E-state index contributed by atoms with van der Waals surface area (Å²) in [6.07, 6.45) is 3.56. The van der Waals surface area contributed by atoms with Crippen molar-refractivity contribution in [3.8, 4) is 0 Å². The molecule has 1 aromatic heterocycles. The van der Waals surface area contributed by atoms with Crippen molar-refractivity contribution in [2.24, 2.45) is 5.41 Å². The lowest BCUT2D eigenvalue weighted by Gasteiger charge is -2.22. The van der Waals surface area contributed by atoms with Gasteiger partial charge in [-0.05, 0) is 57.1 Å². The Hall–Kier alpha value is -1.94. The number of rotatable bonds is 10. The van der Waals surface area contributed by atoms with E-state index >= 15 is 0 Å². The zero-order valence-corrected chi connectivity index (χ0v) is 18.6. The summed E-state index contributed by atoms with van der Waals surface area (Å²) in [5.74, 6) is -0.107. The van der Waals surface area contributed by atoms with Gasteiger partial charge in [0.15, 0.2) is 5.78 Å². The summed E-state index contributed by atoms with van der Waals surface area (Å²) in [7, 11) is 0. The number of ether oxygens (including phenoxy) is 1. The molecule has 0 N–H and O–H groups in total. The number of carbonyl (C=O) groups excluding carboxylic acids is 2. The van der Waals surface area contributed by atoms with Crippen LogP contribution in [0.4, 0.5) is 0 Å². The smallest absolute Gasteiger partial charge is 0.306 e. The summed E-state index contributed by atoms with van der Waals surface area (Å²) in [6, 6.07) is 10.7. The van der Waals surface area contributed by atoms with Gasteiger partial charge in [-0.15, -0.1) is 11.3 Å². The second kappa shape index (κ2) is 10.0. The molecule has 0 spiro atoms. The second-order valence-corrected chi connectivity index (χ2v) is 9.62. The van der Waals surface area contributed by atoms with Crippen molar-refractivity contribution >= 4 is 23.1 Å². The van der Waals surface area contributed by atoms with Crippen LogP contribution in [0.25, 0.3) is 0 Å². The number of Topliss-reactive ketones (excluding diaryl/α,β-unsaturated/α-hetero) is 1. The fourth-order valence-electron chi connectivity index (χ4n) is 3.39. The number of aryl methyl sites for hydroxylation is 4. The van der Waals surface area contributed by atoms with Crippen LogP contribution in [0.2, 0.25) is 0 Å². The molecular weight excluding hydrogens is 368 g/mol. The summed E-state index contributed by atoms with van der Waals surface area (Å²) < 4.78 is 5.05. The van der Waals surface area contributed by atoms with Crippen LogP contribution in [0.5, 0.6) is 0 Å². The maximum absolute atomic E-state index is 13.0. The molecule has 0 bridgehead atoms. The maximum atomic E-state index is 13.0. The second-order valence-electron chi connectivity index (χ2n) is 8.28. The molecule has 1 heterocycles. The predicted octanol–water partition coefficient (Wildman–Crippen LogP) is 6.09. The Bertz CT molecular complexity index is 800. The molecule has 0 aliphatic rings. The van der Waals surface area contributed by atoms with E-state index in [1.165, 1.54) is 16.0 Å². The lowest BCUT2D eigenvalue weighted by Crippen LogP contribution is -2.22. The Morgan fingerprint density at radius 3 is 2.36 bits per heavy atom. The Balaban J connectivity index is 1.98. The first-order valence-electron chi connectivity index (χ1n) is 10.0. The Morgan fingerprint density at radius 2 is 1.71 bits per heavy atom. The van der Waals surface area contributed by atoms with Gasteiger partial charge in [0.2, 0.25) is 0 Å². The van der Waals surface area contributed by atoms with Crippen LogP contribution < -0.4 is 0 Å². The van der Waals surface area contributed by atoms with Crippen LogP contribution in [0.3, 0.4) is 0 Å². The van der Waals surface area contributed by atoms with E-state index in [1.54, 1.807) is 18.3 Å². The van der Waals surface area contributed by atoms with Crippen molar-refractivity contribution in [2.45, 2.75) is 66.7 Å². The zero-order chi connectivity index (χ0) is 20.7. The van der Waals surface area contributed by atoms with Crippen LogP contribution in [0.1, 0.15) is 71.3 Å². The largest absolute Gasteiger partial charge is 0.466 e. The molecule has 0 saturated heterocycles. The highest BCUT2D eigenvalue weighted by molar-refractivity contribution is 7.12. The summed E-state index contributed by atoms with van der Waals surface area (Å²) in [4.78, 5) is 27.1. The fraction of sp³-hybridized carbons (Fsp3) is 0.500. The van der Waals surface area contributed by atoms with Crippen molar-refractivity contribution in [2.75, 3.05) is 6.61 Å². The molecule has 0 amide bonds. The van der Waals surface area contributed by atoms with Crippen LogP contribution in [-0.4, -0.2) is 18.4 Å². The minimum absolute atomic E-state index is 0.129. The van der Waals surface area contributed by atoms with Gasteiger partial charge >= 0.3 is 5.97 Å². The minimum Gasteiger partial charge on any atom is -0.466 e. The van der Waals surface area contributed by atoms with E-state index < -0.39 is 5.41 Å². The van der Waals surface area contributed by atoms with Crippen molar-refractivity contribution in [1.29, 1.82) is 0 Å². The monoisotopic (exact) mass is 400 g/mol. The van der Waals surface area contributed by atoms with E-state index in [0.717, 1.165) is 29.7 Å². The van der Waals surface area contributed by atoms with Gasteiger partial charge in [-0.25, -0.2) is 0 Å². The summed E-state index contributed by atoms with van der Waals surface area (Å²) in [5.41, 5.74) is 3.04. The number of hydrogen-bond donors (Lipinski definition) is 0. The van der Waals surface area contributed by atoms with Gasteiger partial charge in [0.1, 0.15) is 0 Å². The molecule has 0 fully saturated rings. The van der Waals surface area contributed by atoms with Crippen molar-refractivity contribution < 1.29 is 14.3 Å². The third kappa shape index (κ3) is 6.90. The average Bonchev–Trinajstić information content (AvgIpc) is 2.97. The van der Waals surface area contributed by atoms with E-state index in [0.29, 0.717) is 13.0 Å². The maximum Gasteiger partial charge on any atom is 0.306 e. The summed E-state index contributed by atoms with van der Waals surface area (Å²) in [5, 5.41) is 0. The van der Waals surface area contributed by atoms with Gasteiger partial charge in [-0.2, -0.15) is 0 Å². The Kier molecular flexibility index (Phi) is 7.99. The first kappa shape index (κ1) is 22.4. The third-order valence-electron chi connectivity index (χ3n) is 4.79. The molecule has 2 rings (SSSR count). The number of hydrogen-bond acceptors (Lipinski definition) is 4. The zero-order valence-electron chi connectivity index (χ0n) is 17.8. The standard InChI is InChI=1S/C24H32O3S/c1-6-27-23(26)16-24(4,5)15-21(25)20-14-18(3)28-22(20)9-7-8-19-12-10-17(2)11-13-19/h10-14H,6-9,15-16H2,1-5H3. The van der Waals surface area contributed by atoms with Gasteiger partial charge in [0.25, 0.3) is 0 Å². The number of ketones is 1. The molecule has 0 atom stereocenters. The Morgan fingerprint density at radius 1 is 1.04 bits per heavy atom. The van der Waals surface area contributed by atoms with Crippen molar-refractivity contribution in [1.82, 2.24) is 0 Å². The third-order valence-corrected chi connectivity index (χ3v) is 5.90. The molecule has 2 aromatic rings. The van der Waals surface area contributed by atoms with Gasteiger partial charge in [0, 0.05) is 21.7 Å². The quantitative estimate of drug-likeness (QED) is 0.358. The van der Waals surface area contributed by atoms with Gasteiger partial charge in [-0.3, -0.25) is 9.59 Å². The highest BCUT2D eigenvalue weighted by atomic mass is 32.1. The first-order chi connectivity index (χ1) is 13.2. The van der Waals surface area contributed by atoms with E-state index in [1.807, 2.05) is 19.9 Å². The summed E-state index contributed by atoms with van der Waals surface area (Å²) >= 11 is 1.72. The number of carbonyl (C=O) groups is 2. The molecule has 1 aromatic carbocycles. The van der Waals surface area contributed by atoms with E-state index in [-0.39, 0.29) is 18.2 Å². The minimum atomic E-state index is -0.404. The van der Waals surface area contributed by atoms with Crippen molar-refractivity contribution in [3.63, 3.8) is 0 Å². The summed E-state index contributed by atoms with van der Waals surface area (Å²) in [6.45, 7) is 10.2. The van der Waals surface area contributed by atoms with Crippen LogP contribution in [-0.2, 0) is 22.4 Å². The number of thiophene rings is 1. The van der Waals surface area contributed by atoms with Crippen molar-refractivity contribution in [3.05, 3.63) is 56.8 Å². The topological polar surface area (TPSA) is 43.4 Å². The Labute approximate surface area is 173 Å². The molecule has 0 aliphatic carbocycles. The molecule has 0 aliphatic heterocycles. The molecule has 0 saturated carbocycles. The molecular formula is C24H32O3S. The molecule has 0 radical (unpaired) electrons. The molecule has 152 valence electrons. The van der Waals surface area contributed by atoms with E-state index in [4.69, 9.17) is 4.74 Å². The van der Waals surface area contributed by atoms with Crippen LogP contribution >= 0.6 is 11.3 Å². The molecule has 0 unspecified atom stereocenters. The van der Waals surface area contributed by atoms with E-state index in [2.05, 4.69) is 38.1 Å². The number of benzene rings is 1. The fourth-order valence-corrected chi connectivity index (χ4v) is 4.48. The highest BCUT2D eigenvalue weighted by Gasteiger charge is 2.28. The lowest BCUT2D eigenvalue weighted by atomic mass is 9.82. The van der Waals surface area contributed by atoms with Gasteiger partial charge in [-0.1, -0.05) is 43.7 Å². The molecule has 4 heteroatoms. The van der Waals surface area contributed by atoms with Crippen LogP contribution in [0.15, 0.2) is 30.3 Å². The average molecular weight is 401 g/mol. The molecule has 28 heavy (non-hydrogen) atoms. The normalized spacial score (nSPS) is 11.5. The first-order valence-corrected chi connectivity index (χ1v) is 10.9.